The van der Waals surface area contributed by atoms with Crippen LogP contribution in [0.2, 0.25) is 0 Å². The van der Waals surface area contributed by atoms with E-state index in [4.69, 9.17) is 5.26 Å². The number of nitrogens with zero attached hydrogens (tertiary/aromatic N) is 2. The first kappa shape index (κ1) is 14.5. The molecule has 5 heteroatoms. The van der Waals surface area contributed by atoms with E-state index < -0.39 is 0 Å². The predicted octanol–water partition coefficient (Wildman–Crippen LogP) is 1.15. The summed E-state index contributed by atoms with van der Waals surface area (Å²) in [6.07, 6.45) is 1.80. The number of β-amino-alcohol motifs (C(OH)–C–C–N with tert-alkyl or cyclic N) is 1. The third kappa shape index (κ3) is 4.34. The maximum absolute atomic E-state index is 11.9. The van der Waals surface area contributed by atoms with Gasteiger partial charge in [-0.3, -0.25) is 9.69 Å². The fourth-order valence-electron chi connectivity index (χ4n) is 2.38. The Hall–Kier alpha value is -1.90. The summed E-state index contributed by atoms with van der Waals surface area (Å²) in [7, 11) is 0. The number of aliphatic hydroxyl groups is 1. The number of likely N-dealkylation sites (tertiary alicyclic amines) is 1. The molecule has 0 radical (unpaired) electrons. The van der Waals surface area contributed by atoms with Crippen LogP contribution in [0.15, 0.2) is 24.3 Å². The highest BCUT2D eigenvalue weighted by Crippen LogP contribution is 2.12. The van der Waals surface area contributed by atoms with Crippen molar-refractivity contribution in [2.24, 2.45) is 0 Å². The van der Waals surface area contributed by atoms with Crippen LogP contribution in [0, 0.1) is 11.3 Å². The predicted molar refractivity (Wildman–Crippen MR) is 76.1 cm³/mol. The number of nitrogens with one attached hydrogen (secondary N) is 1. The van der Waals surface area contributed by atoms with E-state index in [-0.39, 0.29) is 12.0 Å². The lowest BCUT2D eigenvalue weighted by Crippen LogP contribution is -2.42. The monoisotopic (exact) mass is 273 g/mol. The molecular weight excluding hydrogens is 254 g/mol. The molecule has 1 aliphatic rings. The van der Waals surface area contributed by atoms with E-state index in [9.17, 15) is 9.90 Å². The van der Waals surface area contributed by atoms with E-state index in [1.54, 1.807) is 12.1 Å². The number of amides is 1. The van der Waals surface area contributed by atoms with Crippen LogP contribution in [0.4, 0.5) is 5.69 Å². The summed E-state index contributed by atoms with van der Waals surface area (Å²) in [4.78, 5) is 13.9. The van der Waals surface area contributed by atoms with E-state index in [1.165, 1.54) is 0 Å². The fourth-order valence-corrected chi connectivity index (χ4v) is 2.38. The van der Waals surface area contributed by atoms with Crippen LogP contribution in [0.3, 0.4) is 0 Å². The summed E-state index contributed by atoms with van der Waals surface area (Å²) in [6.45, 7) is 1.72. The number of carbonyl (C=O) groups excluding carboxylic acids is 1. The SMILES string of the molecule is N#CCc1ccc(NC(=O)CN2CCC[C@H](O)C2)cc1. The van der Waals surface area contributed by atoms with Crippen molar-refractivity contribution in [2.45, 2.75) is 25.4 Å². The van der Waals surface area contributed by atoms with Crippen molar-refractivity contribution < 1.29 is 9.90 Å². The summed E-state index contributed by atoms with van der Waals surface area (Å²) in [5, 5.41) is 21.0. The molecule has 1 aromatic rings. The molecule has 2 N–H and O–H groups in total. The quantitative estimate of drug-likeness (QED) is 0.862. The lowest BCUT2D eigenvalue weighted by atomic mass is 10.1. The smallest absolute Gasteiger partial charge is 0.238 e. The van der Waals surface area contributed by atoms with Crippen LogP contribution in [0.25, 0.3) is 0 Å². The van der Waals surface area contributed by atoms with Gasteiger partial charge in [-0.25, -0.2) is 0 Å². The molecule has 106 valence electrons. The zero-order valence-corrected chi connectivity index (χ0v) is 11.4. The molecule has 2 rings (SSSR count). The average Bonchev–Trinajstić information content (AvgIpc) is 2.41. The van der Waals surface area contributed by atoms with Crippen LogP contribution in [-0.4, -0.2) is 41.7 Å². The number of piperidine rings is 1. The molecule has 1 aliphatic heterocycles. The summed E-state index contributed by atoms with van der Waals surface area (Å²) >= 11 is 0. The van der Waals surface area contributed by atoms with Crippen LogP contribution >= 0.6 is 0 Å². The highest BCUT2D eigenvalue weighted by Gasteiger charge is 2.19. The van der Waals surface area contributed by atoms with Crippen molar-refractivity contribution in [1.29, 1.82) is 5.26 Å². The minimum Gasteiger partial charge on any atom is -0.392 e. The summed E-state index contributed by atoms with van der Waals surface area (Å²) in [5.41, 5.74) is 1.67. The molecule has 0 saturated carbocycles. The van der Waals surface area contributed by atoms with Crippen LogP contribution in [-0.2, 0) is 11.2 Å². The van der Waals surface area contributed by atoms with Gasteiger partial charge in [0, 0.05) is 12.2 Å². The maximum atomic E-state index is 11.9. The van der Waals surface area contributed by atoms with Crippen LogP contribution < -0.4 is 5.32 Å². The molecule has 1 aromatic carbocycles. The largest absolute Gasteiger partial charge is 0.392 e. The van der Waals surface area contributed by atoms with Crippen molar-refractivity contribution in [3.8, 4) is 6.07 Å². The van der Waals surface area contributed by atoms with Crippen LogP contribution in [0.1, 0.15) is 18.4 Å². The second kappa shape index (κ2) is 7.04. The molecule has 1 atom stereocenters. The molecule has 0 spiro atoms. The molecule has 5 nitrogen and oxygen atoms in total. The molecule has 1 amide bonds. The number of anilines is 1. The first-order valence-electron chi connectivity index (χ1n) is 6.83. The summed E-state index contributed by atoms with van der Waals surface area (Å²) < 4.78 is 0. The first-order valence-corrected chi connectivity index (χ1v) is 6.83. The highest BCUT2D eigenvalue weighted by molar-refractivity contribution is 5.92. The van der Waals surface area contributed by atoms with E-state index >= 15 is 0 Å². The zero-order chi connectivity index (χ0) is 14.4. The maximum Gasteiger partial charge on any atom is 0.238 e. The number of benzene rings is 1. The normalized spacial score (nSPS) is 19.3. The van der Waals surface area contributed by atoms with Gasteiger partial charge in [0.25, 0.3) is 0 Å². The lowest BCUT2D eigenvalue weighted by Gasteiger charge is -2.29. The Kier molecular flexibility index (Phi) is 5.10. The van der Waals surface area contributed by atoms with Gasteiger partial charge in [0.1, 0.15) is 0 Å². The average molecular weight is 273 g/mol. The molecule has 1 saturated heterocycles. The molecule has 0 aliphatic carbocycles. The van der Waals surface area contributed by atoms with E-state index in [0.717, 1.165) is 30.6 Å². The van der Waals surface area contributed by atoms with Gasteiger partial charge in [0.2, 0.25) is 5.91 Å². The zero-order valence-electron chi connectivity index (χ0n) is 11.4. The van der Waals surface area contributed by atoms with E-state index in [2.05, 4.69) is 11.4 Å². The standard InChI is InChI=1S/C15H19N3O2/c16-8-7-12-3-5-13(6-4-12)17-15(20)11-18-9-1-2-14(19)10-18/h3-6,14,19H,1-2,7,9-11H2,(H,17,20)/t14-/m0/s1. The highest BCUT2D eigenvalue weighted by atomic mass is 16.3. The van der Waals surface area contributed by atoms with Gasteiger partial charge in [0.15, 0.2) is 0 Å². The Balaban J connectivity index is 1.83. The van der Waals surface area contributed by atoms with Crippen molar-refractivity contribution in [3.05, 3.63) is 29.8 Å². The molecular formula is C15H19N3O2. The van der Waals surface area contributed by atoms with Crippen LogP contribution in [0.5, 0.6) is 0 Å². The number of hydrogen-bond acceptors (Lipinski definition) is 4. The van der Waals surface area contributed by atoms with Crippen molar-refractivity contribution >= 4 is 11.6 Å². The Morgan fingerprint density at radius 1 is 1.45 bits per heavy atom. The molecule has 0 unspecified atom stereocenters. The van der Waals surface area contributed by atoms with Crippen molar-refractivity contribution in [1.82, 2.24) is 4.90 Å². The van der Waals surface area contributed by atoms with Gasteiger partial charge in [-0.05, 0) is 37.1 Å². The Bertz CT molecular complexity index is 493. The first-order chi connectivity index (χ1) is 9.67. The summed E-state index contributed by atoms with van der Waals surface area (Å²) in [5.74, 6) is -0.0767. The minimum absolute atomic E-state index is 0.0767. The van der Waals surface area contributed by atoms with Gasteiger partial charge in [-0.2, -0.15) is 5.26 Å². The third-order valence-electron chi connectivity index (χ3n) is 3.37. The number of hydrogen-bond donors (Lipinski definition) is 2. The minimum atomic E-state index is -0.318. The molecule has 1 fully saturated rings. The Labute approximate surface area is 118 Å². The molecule has 0 bridgehead atoms. The van der Waals surface area contributed by atoms with E-state index in [1.807, 2.05) is 17.0 Å². The van der Waals surface area contributed by atoms with E-state index in [0.29, 0.717) is 19.5 Å². The Morgan fingerprint density at radius 2 is 2.20 bits per heavy atom. The second-order valence-corrected chi connectivity index (χ2v) is 5.11. The molecule has 0 aromatic heterocycles. The van der Waals surface area contributed by atoms with Gasteiger partial charge in [-0.1, -0.05) is 12.1 Å². The number of carbonyl (C=O) groups is 1. The Morgan fingerprint density at radius 3 is 2.85 bits per heavy atom. The van der Waals surface area contributed by atoms with Gasteiger partial charge < -0.3 is 10.4 Å². The molecule has 20 heavy (non-hydrogen) atoms. The van der Waals surface area contributed by atoms with Gasteiger partial charge in [-0.15, -0.1) is 0 Å². The fraction of sp³-hybridized carbons (Fsp3) is 0.467. The topological polar surface area (TPSA) is 76.4 Å². The number of rotatable bonds is 4. The van der Waals surface area contributed by atoms with Crippen molar-refractivity contribution in [2.75, 3.05) is 25.0 Å². The lowest BCUT2D eigenvalue weighted by molar-refractivity contribution is -0.118. The van der Waals surface area contributed by atoms with Gasteiger partial charge >= 0.3 is 0 Å². The van der Waals surface area contributed by atoms with Crippen molar-refractivity contribution in [3.63, 3.8) is 0 Å². The summed E-state index contributed by atoms with van der Waals surface area (Å²) in [6, 6.07) is 9.36. The third-order valence-corrected chi connectivity index (χ3v) is 3.37. The number of aliphatic hydroxyl groups excluding tert-OH is 1. The molecule has 1 heterocycles. The number of nitriles is 1. The van der Waals surface area contributed by atoms with Gasteiger partial charge in [0.05, 0.1) is 25.1 Å². The second-order valence-electron chi connectivity index (χ2n) is 5.11.